The third-order valence-electron chi connectivity index (χ3n) is 4.06. The summed E-state index contributed by atoms with van der Waals surface area (Å²) in [7, 11) is 3.18. The summed E-state index contributed by atoms with van der Waals surface area (Å²) in [6.07, 6.45) is 1.13. The van der Waals surface area contributed by atoms with Crippen LogP contribution in [0.15, 0.2) is 18.2 Å². The van der Waals surface area contributed by atoms with Gasteiger partial charge in [-0.2, -0.15) is 0 Å². The van der Waals surface area contributed by atoms with Gasteiger partial charge in [-0.3, -0.25) is 15.0 Å². The van der Waals surface area contributed by atoms with Crippen molar-refractivity contribution in [3.8, 4) is 5.75 Å². The van der Waals surface area contributed by atoms with Crippen LogP contribution < -0.4 is 10.1 Å². The van der Waals surface area contributed by atoms with Crippen LogP contribution in [0.2, 0.25) is 0 Å². The fraction of sp³-hybridized carbons (Fsp3) is 0.562. The number of nitrogens with one attached hydrogen (secondary N) is 1. The standard InChI is InChI=1S/C16H23N3O5.ClH/c1-17-8-13-5-6-18(10-13)9-12-3-4-15(14(7-12)19(21)22)24-11-16(20)23-2;/h3-4,7,13,17H,5-6,8-11H2,1-2H3;1H. The van der Waals surface area contributed by atoms with Crippen LogP contribution in [0.5, 0.6) is 5.75 Å². The number of likely N-dealkylation sites (tertiary alicyclic amines) is 1. The monoisotopic (exact) mass is 373 g/mol. The SMILES string of the molecule is CNCC1CCN(Cc2ccc(OCC(=O)OC)c([N+](=O)[O-])c2)C1.Cl. The molecule has 1 N–H and O–H groups in total. The Hall–Kier alpha value is -1.90. The minimum Gasteiger partial charge on any atom is -0.475 e. The summed E-state index contributed by atoms with van der Waals surface area (Å²) in [5.74, 6) is 0.109. The van der Waals surface area contributed by atoms with Crippen molar-refractivity contribution in [2.45, 2.75) is 13.0 Å². The van der Waals surface area contributed by atoms with Crippen LogP contribution in [0.3, 0.4) is 0 Å². The highest BCUT2D eigenvalue weighted by Gasteiger charge is 2.23. The molecule has 0 amide bonds. The molecular formula is C16H24ClN3O5. The van der Waals surface area contributed by atoms with E-state index in [1.807, 2.05) is 7.05 Å². The molecule has 0 radical (unpaired) electrons. The van der Waals surface area contributed by atoms with E-state index >= 15 is 0 Å². The molecule has 8 nitrogen and oxygen atoms in total. The molecule has 25 heavy (non-hydrogen) atoms. The van der Waals surface area contributed by atoms with E-state index in [1.165, 1.54) is 19.2 Å². The molecule has 1 fully saturated rings. The second kappa shape index (κ2) is 10.2. The molecule has 0 aliphatic carbocycles. The van der Waals surface area contributed by atoms with Crippen LogP contribution in [0.1, 0.15) is 12.0 Å². The molecule has 1 aromatic carbocycles. The summed E-state index contributed by atoms with van der Waals surface area (Å²) in [4.78, 5) is 24.2. The zero-order valence-electron chi connectivity index (χ0n) is 14.4. The first-order valence-corrected chi connectivity index (χ1v) is 7.87. The minimum absolute atomic E-state index is 0. The lowest BCUT2D eigenvalue weighted by atomic mass is 10.1. The Labute approximate surface area is 153 Å². The third-order valence-corrected chi connectivity index (χ3v) is 4.06. The molecule has 2 rings (SSSR count). The Balaban J connectivity index is 0.00000312. The quantitative estimate of drug-likeness (QED) is 0.420. The summed E-state index contributed by atoms with van der Waals surface area (Å²) < 4.78 is 9.66. The molecule has 0 saturated carbocycles. The number of hydrogen-bond acceptors (Lipinski definition) is 7. The zero-order chi connectivity index (χ0) is 17.5. The molecule has 1 heterocycles. The number of nitro benzene ring substituents is 1. The fourth-order valence-electron chi connectivity index (χ4n) is 2.89. The number of nitro groups is 1. The van der Waals surface area contributed by atoms with E-state index in [2.05, 4.69) is 15.0 Å². The normalized spacial score (nSPS) is 17.0. The lowest BCUT2D eigenvalue weighted by Gasteiger charge is -2.16. The van der Waals surface area contributed by atoms with E-state index < -0.39 is 10.9 Å². The van der Waals surface area contributed by atoms with Gasteiger partial charge in [0.05, 0.1) is 12.0 Å². The van der Waals surface area contributed by atoms with Crippen molar-refractivity contribution >= 4 is 24.1 Å². The summed E-state index contributed by atoms with van der Waals surface area (Å²) >= 11 is 0. The Morgan fingerprint density at radius 3 is 2.88 bits per heavy atom. The van der Waals surface area contributed by atoms with Crippen LogP contribution in [0.25, 0.3) is 0 Å². The Morgan fingerprint density at radius 2 is 2.24 bits per heavy atom. The van der Waals surface area contributed by atoms with E-state index in [1.54, 1.807) is 6.07 Å². The van der Waals surface area contributed by atoms with Crippen molar-refractivity contribution in [2.24, 2.45) is 5.92 Å². The van der Waals surface area contributed by atoms with Gasteiger partial charge in [0.2, 0.25) is 0 Å². The van der Waals surface area contributed by atoms with Crippen LogP contribution in [0, 0.1) is 16.0 Å². The van der Waals surface area contributed by atoms with Crippen LogP contribution in [-0.4, -0.2) is 56.2 Å². The van der Waals surface area contributed by atoms with Gasteiger partial charge in [0.1, 0.15) is 0 Å². The lowest BCUT2D eigenvalue weighted by molar-refractivity contribution is -0.385. The van der Waals surface area contributed by atoms with Crippen molar-refractivity contribution < 1.29 is 19.2 Å². The molecule has 9 heteroatoms. The second-order valence-electron chi connectivity index (χ2n) is 5.87. The average molecular weight is 374 g/mol. The molecule has 0 spiro atoms. The molecule has 1 atom stereocenters. The first-order valence-electron chi connectivity index (χ1n) is 7.87. The van der Waals surface area contributed by atoms with Gasteiger partial charge in [-0.05, 0) is 44.1 Å². The van der Waals surface area contributed by atoms with E-state index in [0.717, 1.165) is 31.6 Å². The van der Waals surface area contributed by atoms with E-state index in [4.69, 9.17) is 4.74 Å². The Bertz CT molecular complexity index is 599. The van der Waals surface area contributed by atoms with Crippen LogP contribution in [0.4, 0.5) is 5.69 Å². The number of halogens is 1. The Kier molecular flexibility index (Phi) is 8.60. The molecule has 1 aromatic rings. The fourth-order valence-corrected chi connectivity index (χ4v) is 2.89. The topological polar surface area (TPSA) is 93.9 Å². The van der Waals surface area contributed by atoms with E-state index in [0.29, 0.717) is 12.5 Å². The molecule has 0 aromatic heterocycles. The first-order chi connectivity index (χ1) is 11.5. The summed E-state index contributed by atoms with van der Waals surface area (Å²) in [6.45, 7) is 3.26. The highest BCUT2D eigenvalue weighted by molar-refractivity contribution is 5.85. The maximum absolute atomic E-state index is 11.3. The van der Waals surface area contributed by atoms with Crippen LogP contribution in [-0.2, 0) is 16.1 Å². The zero-order valence-corrected chi connectivity index (χ0v) is 15.2. The number of benzene rings is 1. The van der Waals surface area contributed by atoms with Gasteiger partial charge in [-0.25, -0.2) is 4.79 Å². The largest absolute Gasteiger partial charge is 0.475 e. The van der Waals surface area contributed by atoms with Gasteiger partial charge in [-0.1, -0.05) is 6.07 Å². The Morgan fingerprint density at radius 1 is 1.48 bits per heavy atom. The van der Waals surface area contributed by atoms with Crippen molar-refractivity contribution in [3.05, 3.63) is 33.9 Å². The maximum Gasteiger partial charge on any atom is 0.343 e. The van der Waals surface area contributed by atoms with Gasteiger partial charge in [0, 0.05) is 19.2 Å². The predicted molar refractivity (Wildman–Crippen MR) is 95.2 cm³/mol. The number of methoxy groups -OCH3 is 1. The molecule has 140 valence electrons. The van der Waals surface area contributed by atoms with Gasteiger partial charge >= 0.3 is 11.7 Å². The molecule has 1 aliphatic rings. The number of rotatable bonds is 8. The van der Waals surface area contributed by atoms with E-state index in [-0.39, 0.29) is 30.5 Å². The number of hydrogen-bond donors (Lipinski definition) is 1. The second-order valence-corrected chi connectivity index (χ2v) is 5.87. The van der Waals surface area contributed by atoms with Crippen LogP contribution >= 0.6 is 12.4 Å². The smallest absolute Gasteiger partial charge is 0.343 e. The van der Waals surface area contributed by atoms with Gasteiger partial charge in [-0.15, -0.1) is 12.4 Å². The van der Waals surface area contributed by atoms with Gasteiger partial charge < -0.3 is 14.8 Å². The van der Waals surface area contributed by atoms with Crippen molar-refractivity contribution in [2.75, 3.05) is 40.4 Å². The number of nitrogens with zero attached hydrogens (tertiary/aromatic N) is 2. The maximum atomic E-state index is 11.3. The van der Waals surface area contributed by atoms with E-state index in [9.17, 15) is 14.9 Å². The third kappa shape index (κ3) is 6.15. The average Bonchev–Trinajstić information content (AvgIpc) is 3.00. The summed E-state index contributed by atoms with van der Waals surface area (Å²) in [6, 6.07) is 4.85. The highest BCUT2D eigenvalue weighted by atomic mass is 35.5. The van der Waals surface area contributed by atoms with Gasteiger partial charge in [0.25, 0.3) is 0 Å². The summed E-state index contributed by atoms with van der Waals surface area (Å²) in [5.41, 5.74) is 0.722. The van der Waals surface area contributed by atoms with Crippen molar-refractivity contribution in [1.29, 1.82) is 0 Å². The number of carbonyl (C=O) groups excluding carboxylic acids is 1. The molecular weight excluding hydrogens is 350 g/mol. The highest BCUT2D eigenvalue weighted by Crippen LogP contribution is 2.29. The molecule has 0 bridgehead atoms. The van der Waals surface area contributed by atoms with Crippen molar-refractivity contribution in [1.82, 2.24) is 10.2 Å². The number of carbonyl (C=O) groups is 1. The number of esters is 1. The summed E-state index contributed by atoms with van der Waals surface area (Å²) in [5, 5.41) is 14.4. The minimum atomic E-state index is -0.582. The lowest BCUT2D eigenvalue weighted by Crippen LogP contribution is -2.24. The number of ether oxygens (including phenoxy) is 2. The molecule has 1 unspecified atom stereocenters. The predicted octanol–water partition coefficient (Wildman–Crippen LogP) is 1.61. The molecule has 1 aliphatic heterocycles. The van der Waals surface area contributed by atoms with Gasteiger partial charge in [0.15, 0.2) is 12.4 Å². The van der Waals surface area contributed by atoms with Crippen molar-refractivity contribution in [3.63, 3.8) is 0 Å². The molecule has 1 saturated heterocycles. The first kappa shape index (κ1) is 21.1.